The van der Waals surface area contributed by atoms with Crippen LogP contribution in [0.4, 0.5) is 0 Å². The summed E-state index contributed by atoms with van der Waals surface area (Å²) < 4.78 is 0. The fourth-order valence-electron chi connectivity index (χ4n) is 1.79. The first kappa shape index (κ1) is 9.75. The number of nitrogens with one attached hydrogen (secondary N) is 1. The molecule has 0 aromatic carbocycles. The highest BCUT2D eigenvalue weighted by Crippen LogP contribution is 2.10. The van der Waals surface area contributed by atoms with Gasteiger partial charge in [0.2, 0.25) is 0 Å². The smallest absolute Gasteiger partial charge is 0.0199 e. The minimum Gasteiger partial charge on any atom is -0.314 e. The average molecular weight is 168 g/mol. The van der Waals surface area contributed by atoms with Gasteiger partial charge in [0.25, 0.3) is 0 Å². The molecule has 2 heteroatoms. The maximum atomic E-state index is 3.96. The highest BCUT2D eigenvalue weighted by molar-refractivity contribution is 4.96. The molecule has 1 aliphatic heterocycles. The van der Waals surface area contributed by atoms with Crippen molar-refractivity contribution in [1.29, 1.82) is 0 Å². The van der Waals surface area contributed by atoms with Gasteiger partial charge in [0.05, 0.1) is 0 Å². The van der Waals surface area contributed by atoms with E-state index in [-0.39, 0.29) is 0 Å². The maximum absolute atomic E-state index is 3.96. The van der Waals surface area contributed by atoms with Crippen LogP contribution in [0, 0.1) is 0 Å². The molecule has 2 nitrogen and oxygen atoms in total. The van der Waals surface area contributed by atoms with E-state index < -0.39 is 0 Å². The first-order valence-corrected chi connectivity index (χ1v) is 4.72. The minimum atomic E-state index is 0.644. The molecule has 1 rings (SSSR count). The van der Waals surface area contributed by atoms with Crippen LogP contribution in [0.15, 0.2) is 12.2 Å². The molecule has 12 heavy (non-hydrogen) atoms. The second kappa shape index (κ2) is 4.06. The third-order valence-corrected chi connectivity index (χ3v) is 2.46. The Labute approximate surface area is 75.6 Å². The van der Waals surface area contributed by atoms with Crippen LogP contribution in [-0.4, -0.2) is 36.6 Å². The lowest BCUT2D eigenvalue weighted by Gasteiger charge is -2.39. The van der Waals surface area contributed by atoms with Gasteiger partial charge in [-0.25, -0.2) is 0 Å². The number of hydrogen-bond donors (Lipinski definition) is 1. The van der Waals surface area contributed by atoms with Gasteiger partial charge in [0.1, 0.15) is 0 Å². The standard InChI is InChI=1S/C10H20N2/c1-8(2)7-12-9(3)5-11-6-10(12)4/h9-11H,1,5-7H2,2-4H3. The van der Waals surface area contributed by atoms with Crippen LogP contribution in [0.5, 0.6) is 0 Å². The van der Waals surface area contributed by atoms with Gasteiger partial charge in [-0.2, -0.15) is 0 Å². The van der Waals surface area contributed by atoms with E-state index in [1.807, 2.05) is 0 Å². The molecule has 2 atom stereocenters. The molecule has 0 amide bonds. The van der Waals surface area contributed by atoms with Gasteiger partial charge < -0.3 is 5.32 Å². The fraction of sp³-hybridized carbons (Fsp3) is 0.800. The Morgan fingerprint density at radius 2 is 1.92 bits per heavy atom. The van der Waals surface area contributed by atoms with E-state index in [9.17, 15) is 0 Å². The molecule has 0 aliphatic carbocycles. The Balaban J connectivity index is 2.50. The third kappa shape index (κ3) is 2.32. The second-order valence-corrected chi connectivity index (χ2v) is 3.99. The second-order valence-electron chi connectivity index (χ2n) is 3.99. The van der Waals surface area contributed by atoms with E-state index in [1.165, 1.54) is 5.57 Å². The van der Waals surface area contributed by atoms with E-state index >= 15 is 0 Å². The van der Waals surface area contributed by atoms with Crippen molar-refractivity contribution in [2.45, 2.75) is 32.9 Å². The van der Waals surface area contributed by atoms with Crippen molar-refractivity contribution >= 4 is 0 Å². The number of piperazine rings is 1. The molecular formula is C10H20N2. The van der Waals surface area contributed by atoms with Crippen LogP contribution >= 0.6 is 0 Å². The SMILES string of the molecule is C=C(C)CN1C(C)CNCC1C. The zero-order chi connectivity index (χ0) is 9.14. The number of hydrogen-bond acceptors (Lipinski definition) is 2. The van der Waals surface area contributed by atoms with Crippen LogP contribution in [0.2, 0.25) is 0 Å². The molecule has 0 aromatic rings. The lowest BCUT2D eigenvalue weighted by atomic mass is 10.1. The summed E-state index contributed by atoms with van der Waals surface area (Å²) in [4.78, 5) is 2.51. The quantitative estimate of drug-likeness (QED) is 0.624. The maximum Gasteiger partial charge on any atom is 0.0199 e. The number of rotatable bonds is 2. The Morgan fingerprint density at radius 1 is 1.42 bits per heavy atom. The average Bonchev–Trinajstić information content (AvgIpc) is 1.97. The van der Waals surface area contributed by atoms with Gasteiger partial charge >= 0.3 is 0 Å². The summed E-state index contributed by atoms with van der Waals surface area (Å²) in [7, 11) is 0. The van der Waals surface area contributed by atoms with E-state index in [1.54, 1.807) is 0 Å². The van der Waals surface area contributed by atoms with Crippen molar-refractivity contribution < 1.29 is 0 Å². The van der Waals surface area contributed by atoms with E-state index in [0.29, 0.717) is 12.1 Å². The van der Waals surface area contributed by atoms with Crippen molar-refractivity contribution in [3.63, 3.8) is 0 Å². The molecule has 70 valence electrons. The molecule has 2 unspecified atom stereocenters. The first-order valence-electron chi connectivity index (χ1n) is 4.72. The lowest BCUT2D eigenvalue weighted by molar-refractivity contribution is 0.129. The molecule has 0 radical (unpaired) electrons. The predicted octanol–water partition coefficient (Wildman–Crippen LogP) is 1.24. The van der Waals surface area contributed by atoms with Crippen LogP contribution in [-0.2, 0) is 0 Å². The molecule has 0 saturated carbocycles. The Morgan fingerprint density at radius 3 is 2.33 bits per heavy atom. The Hall–Kier alpha value is -0.340. The first-order chi connectivity index (χ1) is 5.61. The van der Waals surface area contributed by atoms with Crippen molar-refractivity contribution in [2.24, 2.45) is 0 Å². The molecule has 1 fully saturated rings. The normalized spacial score (nSPS) is 31.9. The van der Waals surface area contributed by atoms with E-state index in [0.717, 1.165) is 19.6 Å². The zero-order valence-corrected chi connectivity index (χ0v) is 8.43. The number of nitrogens with zero attached hydrogens (tertiary/aromatic N) is 1. The highest BCUT2D eigenvalue weighted by atomic mass is 15.2. The van der Waals surface area contributed by atoms with E-state index in [2.05, 4.69) is 37.6 Å². The molecule has 0 bridgehead atoms. The minimum absolute atomic E-state index is 0.644. The van der Waals surface area contributed by atoms with Crippen molar-refractivity contribution in [2.75, 3.05) is 19.6 Å². The van der Waals surface area contributed by atoms with Gasteiger partial charge in [-0.3, -0.25) is 4.90 Å². The Bertz CT molecular complexity index is 155. The van der Waals surface area contributed by atoms with Crippen molar-refractivity contribution in [3.05, 3.63) is 12.2 Å². The van der Waals surface area contributed by atoms with Crippen LogP contribution < -0.4 is 5.32 Å². The molecule has 1 saturated heterocycles. The monoisotopic (exact) mass is 168 g/mol. The molecule has 0 spiro atoms. The topological polar surface area (TPSA) is 15.3 Å². The summed E-state index contributed by atoms with van der Waals surface area (Å²) in [5, 5.41) is 3.42. The predicted molar refractivity (Wildman–Crippen MR) is 53.3 cm³/mol. The van der Waals surface area contributed by atoms with E-state index in [4.69, 9.17) is 0 Å². The summed E-state index contributed by atoms with van der Waals surface area (Å²) in [6.45, 7) is 13.9. The summed E-state index contributed by atoms with van der Waals surface area (Å²) in [6, 6.07) is 1.29. The van der Waals surface area contributed by atoms with Crippen LogP contribution in [0.3, 0.4) is 0 Å². The molecule has 0 aromatic heterocycles. The zero-order valence-electron chi connectivity index (χ0n) is 8.43. The van der Waals surface area contributed by atoms with Gasteiger partial charge in [-0.15, -0.1) is 0 Å². The lowest BCUT2D eigenvalue weighted by Crippen LogP contribution is -2.55. The molecule has 1 N–H and O–H groups in total. The van der Waals surface area contributed by atoms with Crippen LogP contribution in [0.1, 0.15) is 20.8 Å². The summed E-state index contributed by atoms with van der Waals surface area (Å²) >= 11 is 0. The van der Waals surface area contributed by atoms with Gasteiger partial charge in [0.15, 0.2) is 0 Å². The van der Waals surface area contributed by atoms with Gasteiger partial charge in [-0.1, -0.05) is 12.2 Å². The summed E-state index contributed by atoms with van der Waals surface area (Å²) in [6.07, 6.45) is 0. The third-order valence-electron chi connectivity index (χ3n) is 2.46. The molecule has 1 aliphatic rings. The fourth-order valence-corrected chi connectivity index (χ4v) is 1.79. The summed E-state index contributed by atoms with van der Waals surface area (Å²) in [5.41, 5.74) is 1.26. The largest absolute Gasteiger partial charge is 0.314 e. The van der Waals surface area contributed by atoms with Crippen LogP contribution in [0.25, 0.3) is 0 Å². The van der Waals surface area contributed by atoms with Crippen molar-refractivity contribution in [1.82, 2.24) is 10.2 Å². The molecular weight excluding hydrogens is 148 g/mol. The van der Waals surface area contributed by atoms with Gasteiger partial charge in [-0.05, 0) is 20.8 Å². The molecule has 1 heterocycles. The Kier molecular flexibility index (Phi) is 3.29. The highest BCUT2D eigenvalue weighted by Gasteiger charge is 2.23. The van der Waals surface area contributed by atoms with Crippen molar-refractivity contribution in [3.8, 4) is 0 Å². The summed E-state index contributed by atoms with van der Waals surface area (Å²) in [5.74, 6) is 0. The van der Waals surface area contributed by atoms with Gasteiger partial charge in [0, 0.05) is 31.7 Å².